The van der Waals surface area contributed by atoms with Gasteiger partial charge in [0.25, 0.3) is 11.8 Å². The molecular formula is C24H20N2O5. The van der Waals surface area contributed by atoms with Gasteiger partial charge >= 0.3 is 5.97 Å². The second kappa shape index (κ2) is 9.98. The molecule has 3 aromatic rings. The van der Waals surface area contributed by atoms with E-state index in [9.17, 15) is 19.2 Å². The molecule has 2 amide bonds. The Balaban J connectivity index is 1.66. The molecule has 0 fully saturated rings. The van der Waals surface area contributed by atoms with E-state index in [2.05, 4.69) is 10.6 Å². The van der Waals surface area contributed by atoms with E-state index in [0.29, 0.717) is 16.8 Å². The fraction of sp³-hybridized carbons (Fsp3) is 0.0833. The number of benzene rings is 3. The normalized spacial score (nSPS) is 10.1. The number of hydrogen-bond acceptors (Lipinski definition) is 5. The molecule has 0 heterocycles. The minimum atomic E-state index is -0.783. The molecule has 0 radical (unpaired) electrons. The maximum Gasteiger partial charge on any atom is 0.339 e. The van der Waals surface area contributed by atoms with Crippen LogP contribution in [0.4, 0.5) is 5.69 Å². The van der Waals surface area contributed by atoms with Gasteiger partial charge in [0.1, 0.15) is 0 Å². The Hall–Kier alpha value is -4.26. The van der Waals surface area contributed by atoms with Gasteiger partial charge in [-0.1, -0.05) is 54.6 Å². The highest BCUT2D eigenvalue weighted by atomic mass is 16.5. The van der Waals surface area contributed by atoms with Crippen molar-refractivity contribution in [1.82, 2.24) is 5.32 Å². The summed E-state index contributed by atoms with van der Waals surface area (Å²) in [7, 11) is 1.51. The monoisotopic (exact) mass is 416 g/mol. The fourth-order valence-electron chi connectivity index (χ4n) is 2.89. The minimum absolute atomic E-state index is 0.0748. The number of rotatable bonds is 7. The third kappa shape index (κ3) is 5.42. The summed E-state index contributed by atoms with van der Waals surface area (Å²) in [5.41, 5.74) is 1.48. The summed E-state index contributed by atoms with van der Waals surface area (Å²) in [6, 6.07) is 21.2. The lowest BCUT2D eigenvalue weighted by Gasteiger charge is -2.10. The van der Waals surface area contributed by atoms with E-state index in [-0.39, 0.29) is 22.8 Å². The number of nitrogens with one attached hydrogen (secondary N) is 2. The van der Waals surface area contributed by atoms with Crippen molar-refractivity contribution in [2.75, 3.05) is 19.0 Å². The Kier molecular flexibility index (Phi) is 6.90. The molecule has 0 aliphatic rings. The van der Waals surface area contributed by atoms with Gasteiger partial charge in [-0.05, 0) is 24.3 Å². The van der Waals surface area contributed by atoms with Gasteiger partial charge in [0.15, 0.2) is 12.4 Å². The van der Waals surface area contributed by atoms with Crippen LogP contribution in [0.25, 0.3) is 0 Å². The number of anilines is 1. The Bertz CT molecular complexity index is 1130. The number of ether oxygens (including phenoxy) is 1. The van der Waals surface area contributed by atoms with Crippen molar-refractivity contribution >= 4 is 29.3 Å². The SMILES string of the molecule is CNC(=O)c1cccc(NC(=O)COC(=O)c2ccccc2C(=O)c2ccccc2)c1. The first kappa shape index (κ1) is 21.4. The van der Waals surface area contributed by atoms with Crippen LogP contribution >= 0.6 is 0 Å². The standard InChI is InChI=1S/C24H20N2O5/c1-25-23(29)17-10-7-11-18(14-17)26-21(27)15-31-24(30)20-13-6-5-12-19(20)22(28)16-8-3-2-4-9-16/h2-14H,15H2,1H3,(H,25,29)(H,26,27). The quantitative estimate of drug-likeness (QED) is 0.455. The molecule has 31 heavy (non-hydrogen) atoms. The molecule has 0 aliphatic heterocycles. The Morgan fingerprint density at radius 1 is 0.774 bits per heavy atom. The zero-order valence-corrected chi connectivity index (χ0v) is 16.8. The van der Waals surface area contributed by atoms with Crippen LogP contribution in [0.3, 0.4) is 0 Å². The molecule has 0 atom stereocenters. The van der Waals surface area contributed by atoms with Gasteiger partial charge in [-0.3, -0.25) is 14.4 Å². The summed E-state index contributed by atoms with van der Waals surface area (Å²) in [6.45, 7) is -0.545. The van der Waals surface area contributed by atoms with Crippen LogP contribution < -0.4 is 10.6 Å². The van der Waals surface area contributed by atoms with E-state index < -0.39 is 18.5 Å². The predicted octanol–water partition coefficient (Wildman–Crippen LogP) is 3.07. The maximum atomic E-state index is 12.7. The fourth-order valence-corrected chi connectivity index (χ4v) is 2.89. The van der Waals surface area contributed by atoms with Crippen molar-refractivity contribution in [1.29, 1.82) is 0 Å². The molecule has 0 saturated heterocycles. The first-order valence-corrected chi connectivity index (χ1v) is 9.47. The third-order valence-corrected chi connectivity index (χ3v) is 4.40. The van der Waals surface area contributed by atoms with Gasteiger partial charge in [-0.2, -0.15) is 0 Å². The van der Waals surface area contributed by atoms with Gasteiger partial charge in [-0.15, -0.1) is 0 Å². The highest BCUT2D eigenvalue weighted by Crippen LogP contribution is 2.16. The van der Waals surface area contributed by atoms with Gasteiger partial charge < -0.3 is 15.4 Å². The molecule has 0 aliphatic carbocycles. The Morgan fingerprint density at radius 3 is 2.13 bits per heavy atom. The highest BCUT2D eigenvalue weighted by molar-refractivity contribution is 6.14. The average molecular weight is 416 g/mol. The van der Waals surface area contributed by atoms with Crippen molar-refractivity contribution in [2.45, 2.75) is 0 Å². The smallest absolute Gasteiger partial charge is 0.339 e. The number of ketones is 1. The van der Waals surface area contributed by atoms with E-state index in [1.165, 1.54) is 25.2 Å². The zero-order valence-electron chi connectivity index (χ0n) is 16.8. The van der Waals surface area contributed by atoms with Crippen molar-refractivity contribution in [3.05, 3.63) is 101 Å². The molecule has 0 spiro atoms. The van der Waals surface area contributed by atoms with E-state index in [4.69, 9.17) is 4.74 Å². The topological polar surface area (TPSA) is 102 Å². The van der Waals surface area contributed by atoms with E-state index >= 15 is 0 Å². The lowest BCUT2D eigenvalue weighted by molar-refractivity contribution is -0.119. The third-order valence-electron chi connectivity index (χ3n) is 4.40. The van der Waals surface area contributed by atoms with Gasteiger partial charge in [0.05, 0.1) is 5.56 Å². The van der Waals surface area contributed by atoms with Crippen LogP contribution in [-0.2, 0) is 9.53 Å². The molecule has 7 heteroatoms. The first-order chi connectivity index (χ1) is 15.0. The largest absolute Gasteiger partial charge is 0.452 e. The lowest BCUT2D eigenvalue weighted by atomic mass is 9.98. The molecule has 3 aromatic carbocycles. The number of esters is 1. The molecule has 0 aromatic heterocycles. The second-order valence-corrected chi connectivity index (χ2v) is 6.52. The van der Waals surface area contributed by atoms with E-state index in [1.807, 2.05) is 0 Å². The van der Waals surface area contributed by atoms with Gasteiger partial charge in [-0.25, -0.2) is 4.79 Å². The van der Waals surface area contributed by atoms with Crippen molar-refractivity contribution in [3.63, 3.8) is 0 Å². The molecule has 3 rings (SSSR count). The van der Waals surface area contributed by atoms with Crippen molar-refractivity contribution in [3.8, 4) is 0 Å². The van der Waals surface area contributed by atoms with Crippen LogP contribution in [0.5, 0.6) is 0 Å². The molecule has 7 nitrogen and oxygen atoms in total. The number of carbonyl (C=O) groups is 4. The summed E-state index contributed by atoms with van der Waals surface area (Å²) < 4.78 is 5.11. The van der Waals surface area contributed by atoms with Crippen LogP contribution in [0.2, 0.25) is 0 Å². The highest BCUT2D eigenvalue weighted by Gasteiger charge is 2.19. The first-order valence-electron chi connectivity index (χ1n) is 9.47. The van der Waals surface area contributed by atoms with Crippen LogP contribution in [0, 0.1) is 0 Å². The Labute approximate surface area is 179 Å². The van der Waals surface area contributed by atoms with Crippen molar-refractivity contribution in [2.24, 2.45) is 0 Å². The van der Waals surface area contributed by atoms with E-state index in [1.54, 1.807) is 60.7 Å². The summed E-state index contributed by atoms with van der Waals surface area (Å²) in [6.07, 6.45) is 0. The number of hydrogen-bond donors (Lipinski definition) is 2. The number of amides is 2. The van der Waals surface area contributed by atoms with Gasteiger partial charge in [0, 0.05) is 29.4 Å². The minimum Gasteiger partial charge on any atom is -0.452 e. The predicted molar refractivity (Wildman–Crippen MR) is 115 cm³/mol. The van der Waals surface area contributed by atoms with Crippen LogP contribution in [0.15, 0.2) is 78.9 Å². The maximum absolute atomic E-state index is 12.7. The lowest BCUT2D eigenvalue weighted by Crippen LogP contribution is -2.22. The summed E-state index contributed by atoms with van der Waals surface area (Å²) >= 11 is 0. The second-order valence-electron chi connectivity index (χ2n) is 6.52. The van der Waals surface area contributed by atoms with Crippen LogP contribution in [-0.4, -0.2) is 37.2 Å². The van der Waals surface area contributed by atoms with Crippen molar-refractivity contribution < 1.29 is 23.9 Å². The zero-order chi connectivity index (χ0) is 22.2. The summed E-state index contributed by atoms with van der Waals surface area (Å²) in [4.78, 5) is 49.2. The molecule has 156 valence electrons. The average Bonchev–Trinajstić information content (AvgIpc) is 2.82. The summed E-state index contributed by atoms with van der Waals surface area (Å²) in [5.74, 6) is -1.96. The van der Waals surface area contributed by atoms with Crippen LogP contribution in [0.1, 0.15) is 36.6 Å². The number of carbonyl (C=O) groups excluding carboxylic acids is 4. The molecule has 0 unspecified atom stereocenters. The molecular weight excluding hydrogens is 396 g/mol. The van der Waals surface area contributed by atoms with E-state index in [0.717, 1.165) is 0 Å². The Morgan fingerprint density at radius 2 is 1.42 bits per heavy atom. The van der Waals surface area contributed by atoms with Gasteiger partial charge in [0.2, 0.25) is 0 Å². The molecule has 2 N–H and O–H groups in total. The summed E-state index contributed by atoms with van der Waals surface area (Å²) in [5, 5.41) is 5.07. The molecule has 0 bridgehead atoms. The molecule has 0 saturated carbocycles.